The molecular weight excluding hydrogens is 261 g/mol. The van der Waals surface area contributed by atoms with Gasteiger partial charge < -0.3 is 15.2 Å². The van der Waals surface area contributed by atoms with Crippen molar-refractivity contribution < 1.29 is 14.3 Å². The molecule has 2 N–H and O–H groups in total. The fraction of sp³-hybridized carbons (Fsp3) is 0.500. The van der Waals surface area contributed by atoms with Gasteiger partial charge in [0, 0.05) is 22.6 Å². The van der Waals surface area contributed by atoms with Crippen LogP contribution in [-0.4, -0.2) is 25.9 Å². The lowest BCUT2D eigenvalue weighted by Gasteiger charge is -1.99. The zero-order valence-electron chi connectivity index (χ0n) is 5.80. The first kappa shape index (κ1) is 10.5. The van der Waals surface area contributed by atoms with Gasteiger partial charge in [0.2, 0.25) is 0 Å². The number of rotatable bonds is 4. The summed E-state index contributed by atoms with van der Waals surface area (Å²) in [6.07, 6.45) is -0.784. The summed E-state index contributed by atoms with van der Waals surface area (Å²) in [6.45, 7) is 0.859. The van der Waals surface area contributed by atoms with E-state index in [1.165, 1.54) is 0 Å². The summed E-state index contributed by atoms with van der Waals surface area (Å²) in [7, 11) is 0. The molecule has 1 amide bonds. The van der Waals surface area contributed by atoms with Gasteiger partial charge in [-0.2, -0.15) is 0 Å². The highest BCUT2D eigenvalue weighted by Gasteiger charge is 1.91. The van der Waals surface area contributed by atoms with E-state index in [2.05, 4.69) is 20.3 Å². The smallest absolute Gasteiger partial charge is 0.404 e. The van der Waals surface area contributed by atoms with E-state index in [9.17, 15) is 4.79 Å². The molecule has 0 radical (unpaired) electrons. The van der Waals surface area contributed by atoms with Crippen LogP contribution in [0.1, 0.15) is 0 Å². The van der Waals surface area contributed by atoms with Crippen LogP contribution in [0.3, 0.4) is 0 Å². The van der Waals surface area contributed by atoms with Crippen LogP contribution in [-0.2, 0) is 9.47 Å². The second kappa shape index (κ2) is 7.63. The highest BCUT2D eigenvalue weighted by molar-refractivity contribution is 14.1. The maximum Gasteiger partial charge on any atom is 0.404 e. The van der Waals surface area contributed by atoms with E-state index in [0.717, 1.165) is 0 Å². The third kappa shape index (κ3) is 9.52. The van der Waals surface area contributed by atoms with E-state index < -0.39 is 6.09 Å². The molecule has 0 spiro atoms. The molecule has 0 heterocycles. The summed E-state index contributed by atoms with van der Waals surface area (Å²) < 4.78 is 11.9. The van der Waals surface area contributed by atoms with Crippen molar-refractivity contribution in [2.24, 2.45) is 5.73 Å². The Morgan fingerprint density at radius 1 is 1.55 bits per heavy atom. The Labute approximate surface area is 78.6 Å². The average molecular weight is 269 g/mol. The predicted molar refractivity (Wildman–Crippen MR) is 48.2 cm³/mol. The van der Waals surface area contributed by atoms with Gasteiger partial charge in [-0.25, -0.2) is 4.79 Å². The maximum atomic E-state index is 10.0. The lowest BCUT2D eigenvalue weighted by molar-refractivity contribution is 0.0921. The Kier molecular flexibility index (Phi) is 7.29. The van der Waals surface area contributed by atoms with Crippen LogP contribution in [0.4, 0.5) is 4.79 Å². The normalized spacial score (nSPS) is 8.09. The molecule has 62 valence electrons. The Bertz CT molecular complexity index is 172. The summed E-state index contributed by atoms with van der Waals surface area (Å²) in [5, 5.41) is 0. The van der Waals surface area contributed by atoms with E-state index in [0.29, 0.717) is 13.2 Å². The highest BCUT2D eigenvalue weighted by atomic mass is 127. The molecule has 0 aliphatic rings. The van der Waals surface area contributed by atoms with Crippen molar-refractivity contribution in [2.75, 3.05) is 19.8 Å². The first-order chi connectivity index (χ1) is 5.27. The van der Waals surface area contributed by atoms with Crippen molar-refractivity contribution in [2.45, 2.75) is 0 Å². The summed E-state index contributed by atoms with van der Waals surface area (Å²) in [6, 6.07) is 0. The molecule has 0 fully saturated rings. The van der Waals surface area contributed by atoms with Gasteiger partial charge in [0.25, 0.3) is 0 Å². The maximum absolute atomic E-state index is 10.0. The van der Waals surface area contributed by atoms with Crippen molar-refractivity contribution in [3.8, 4) is 9.85 Å². The number of carbonyl (C=O) groups is 1. The summed E-state index contributed by atoms with van der Waals surface area (Å²) in [5.41, 5.74) is 4.69. The molecule has 0 aromatic carbocycles. The number of primary amides is 1. The van der Waals surface area contributed by atoms with Gasteiger partial charge in [-0.05, 0) is 3.93 Å². The second-order valence-corrected chi connectivity index (χ2v) is 2.03. The topological polar surface area (TPSA) is 61.6 Å². The fourth-order valence-corrected chi connectivity index (χ4v) is 0.507. The van der Waals surface area contributed by atoms with Gasteiger partial charge in [-0.15, -0.1) is 0 Å². The van der Waals surface area contributed by atoms with Crippen molar-refractivity contribution in [1.82, 2.24) is 0 Å². The molecule has 0 aliphatic carbocycles. The molecule has 0 aromatic heterocycles. The Hall–Kier alpha value is -0.480. The van der Waals surface area contributed by atoms with E-state index in [1.54, 1.807) is 0 Å². The minimum atomic E-state index is -0.784. The van der Waals surface area contributed by atoms with Gasteiger partial charge >= 0.3 is 6.09 Å². The quantitative estimate of drug-likeness (QED) is 0.459. The van der Waals surface area contributed by atoms with Crippen LogP contribution in [0.2, 0.25) is 0 Å². The molecule has 0 aromatic rings. The Balaban J connectivity index is 3.00. The number of hydrogen-bond donors (Lipinski definition) is 1. The monoisotopic (exact) mass is 269 g/mol. The Morgan fingerprint density at radius 3 is 2.82 bits per heavy atom. The molecule has 0 saturated carbocycles. The summed E-state index contributed by atoms with van der Waals surface area (Å²) in [4.78, 5) is 10.0. The van der Waals surface area contributed by atoms with E-state index >= 15 is 0 Å². The lowest BCUT2D eigenvalue weighted by Crippen LogP contribution is -2.16. The third-order valence-corrected chi connectivity index (χ3v) is 1.09. The van der Waals surface area contributed by atoms with Crippen LogP contribution in [0.15, 0.2) is 0 Å². The van der Waals surface area contributed by atoms with Crippen molar-refractivity contribution >= 4 is 28.7 Å². The van der Waals surface area contributed by atoms with Crippen LogP contribution in [0.25, 0.3) is 0 Å². The lowest BCUT2D eigenvalue weighted by atomic mass is 10.7. The third-order valence-electron chi connectivity index (χ3n) is 0.713. The Morgan fingerprint density at radius 2 is 2.27 bits per heavy atom. The zero-order chi connectivity index (χ0) is 8.53. The minimum Gasteiger partial charge on any atom is -0.447 e. The predicted octanol–water partition coefficient (Wildman–Crippen LogP) is 0.494. The van der Waals surface area contributed by atoms with Crippen LogP contribution in [0, 0.1) is 9.85 Å². The SMILES string of the molecule is NC(=O)OCCOCC#CI. The molecular formula is C6H8INO3. The van der Waals surface area contributed by atoms with E-state index in [4.69, 9.17) is 4.74 Å². The van der Waals surface area contributed by atoms with Gasteiger partial charge in [0.15, 0.2) is 0 Å². The number of nitrogens with two attached hydrogens (primary N) is 1. The van der Waals surface area contributed by atoms with Gasteiger partial charge in [-0.1, -0.05) is 5.92 Å². The molecule has 0 rings (SSSR count). The average Bonchev–Trinajstić information content (AvgIpc) is 1.96. The van der Waals surface area contributed by atoms with Crippen LogP contribution < -0.4 is 5.73 Å². The van der Waals surface area contributed by atoms with E-state index in [-0.39, 0.29) is 6.61 Å². The second-order valence-electron chi connectivity index (χ2n) is 1.49. The van der Waals surface area contributed by atoms with Crippen LogP contribution >= 0.6 is 22.6 Å². The largest absolute Gasteiger partial charge is 0.447 e. The first-order valence-electron chi connectivity index (χ1n) is 2.86. The van der Waals surface area contributed by atoms with Gasteiger partial charge in [0.1, 0.15) is 13.2 Å². The van der Waals surface area contributed by atoms with Crippen LogP contribution in [0.5, 0.6) is 0 Å². The minimum absolute atomic E-state index is 0.179. The van der Waals surface area contributed by atoms with Crippen molar-refractivity contribution in [3.63, 3.8) is 0 Å². The molecule has 0 atom stereocenters. The van der Waals surface area contributed by atoms with E-state index in [1.807, 2.05) is 22.6 Å². The highest BCUT2D eigenvalue weighted by Crippen LogP contribution is 1.78. The molecule has 11 heavy (non-hydrogen) atoms. The molecule has 0 unspecified atom stereocenters. The summed E-state index contributed by atoms with van der Waals surface area (Å²) >= 11 is 1.91. The summed E-state index contributed by atoms with van der Waals surface area (Å²) in [5.74, 6) is 2.68. The molecule has 4 nitrogen and oxygen atoms in total. The zero-order valence-corrected chi connectivity index (χ0v) is 7.96. The van der Waals surface area contributed by atoms with Crippen molar-refractivity contribution in [3.05, 3.63) is 0 Å². The van der Waals surface area contributed by atoms with Gasteiger partial charge in [-0.3, -0.25) is 0 Å². The first-order valence-corrected chi connectivity index (χ1v) is 3.93. The molecule has 0 aliphatic heterocycles. The number of ether oxygens (including phenoxy) is 2. The number of hydrogen-bond acceptors (Lipinski definition) is 3. The van der Waals surface area contributed by atoms with Gasteiger partial charge in [0.05, 0.1) is 6.61 Å². The molecule has 0 saturated heterocycles. The van der Waals surface area contributed by atoms with Crippen molar-refractivity contribution in [1.29, 1.82) is 0 Å². The number of carbonyl (C=O) groups excluding carboxylic acids is 1. The standard InChI is InChI=1S/C6H8INO3/c7-2-1-3-10-4-5-11-6(8)9/h3-5H2,(H2,8,9). The molecule has 5 heteroatoms. The number of halogens is 1. The molecule has 0 bridgehead atoms. The number of amides is 1. The fourth-order valence-electron chi connectivity index (χ4n) is 0.352.